The number of carbonyl (C=O) groups excluding carboxylic acids is 1. The smallest absolute Gasteiger partial charge is 0.306 e. The van der Waals surface area contributed by atoms with Crippen molar-refractivity contribution >= 4 is 11.8 Å². The van der Waals surface area contributed by atoms with Crippen LogP contribution in [0, 0.1) is 5.41 Å². The summed E-state index contributed by atoms with van der Waals surface area (Å²) in [7, 11) is 0. The second-order valence-electron chi connectivity index (χ2n) is 5.77. The van der Waals surface area contributed by atoms with Crippen LogP contribution in [-0.2, 0) is 16.0 Å². The summed E-state index contributed by atoms with van der Waals surface area (Å²) in [5, 5.41) is 7.60. The summed E-state index contributed by atoms with van der Waals surface area (Å²) < 4.78 is 5.12. The second kappa shape index (κ2) is 8.87. The third kappa shape index (κ3) is 5.23. The lowest BCUT2D eigenvalue weighted by Gasteiger charge is -2.17. The summed E-state index contributed by atoms with van der Waals surface area (Å²) in [6.45, 7) is 2.20. The third-order valence-corrected chi connectivity index (χ3v) is 4.01. The highest BCUT2D eigenvalue weighted by Gasteiger charge is 2.18. The maximum Gasteiger partial charge on any atom is 0.306 e. The molecule has 0 aliphatic heterocycles. The van der Waals surface area contributed by atoms with Gasteiger partial charge in [-0.25, -0.2) is 0 Å². The zero-order valence-corrected chi connectivity index (χ0v) is 14.0. The fourth-order valence-electron chi connectivity index (χ4n) is 2.75. The molecule has 0 fully saturated rings. The first-order chi connectivity index (χ1) is 11.6. The molecule has 4 nitrogen and oxygen atoms in total. The maximum absolute atomic E-state index is 12.0. The molecule has 3 N–H and O–H groups in total. The van der Waals surface area contributed by atoms with Gasteiger partial charge >= 0.3 is 5.97 Å². The Labute approximate surface area is 143 Å². The largest absolute Gasteiger partial charge is 0.466 e. The molecule has 4 heteroatoms. The number of aryl methyl sites for hydroxylation is 1. The Morgan fingerprint density at radius 2 is 1.92 bits per heavy atom. The Hall–Kier alpha value is -2.62. The Balaban J connectivity index is 2.16. The summed E-state index contributed by atoms with van der Waals surface area (Å²) in [6, 6.07) is 17.8. The van der Waals surface area contributed by atoms with Crippen molar-refractivity contribution in [3.63, 3.8) is 0 Å². The molecule has 0 unspecified atom stereocenters. The van der Waals surface area contributed by atoms with Crippen molar-refractivity contribution in [1.29, 1.82) is 5.41 Å². The van der Waals surface area contributed by atoms with Gasteiger partial charge in [0.25, 0.3) is 0 Å². The lowest BCUT2D eigenvalue weighted by Crippen LogP contribution is -2.14. The van der Waals surface area contributed by atoms with E-state index in [9.17, 15) is 4.79 Å². The molecule has 0 aliphatic rings. The van der Waals surface area contributed by atoms with Crippen molar-refractivity contribution in [3.8, 4) is 0 Å². The van der Waals surface area contributed by atoms with Crippen LogP contribution in [0.25, 0.3) is 0 Å². The Morgan fingerprint density at radius 3 is 2.58 bits per heavy atom. The predicted octanol–water partition coefficient (Wildman–Crippen LogP) is 3.64. The highest BCUT2D eigenvalue weighted by Crippen LogP contribution is 2.26. The van der Waals surface area contributed by atoms with E-state index in [-0.39, 0.29) is 17.7 Å². The quantitative estimate of drug-likeness (QED) is 0.442. The van der Waals surface area contributed by atoms with E-state index in [4.69, 9.17) is 15.9 Å². The lowest BCUT2D eigenvalue weighted by atomic mass is 9.88. The fourth-order valence-corrected chi connectivity index (χ4v) is 2.75. The minimum Gasteiger partial charge on any atom is -0.466 e. The molecule has 2 aromatic carbocycles. The van der Waals surface area contributed by atoms with E-state index in [1.165, 1.54) is 5.56 Å². The minimum absolute atomic E-state index is 0.0368. The number of amidine groups is 1. The van der Waals surface area contributed by atoms with Gasteiger partial charge in [-0.2, -0.15) is 0 Å². The normalized spacial score (nSPS) is 11.7. The zero-order chi connectivity index (χ0) is 17.4. The van der Waals surface area contributed by atoms with Gasteiger partial charge in [0.2, 0.25) is 0 Å². The highest BCUT2D eigenvalue weighted by atomic mass is 16.5. The molecular formula is C20H24N2O2. The molecule has 0 spiro atoms. The van der Waals surface area contributed by atoms with Crippen molar-refractivity contribution in [3.05, 3.63) is 71.3 Å². The molecule has 0 saturated heterocycles. The molecule has 2 rings (SSSR count). The topological polar surface area (TPSA) is 76.2 Å². The van der Waals surface area contributed by atoms with Gasteiger partial charge in [-0.15, -0.1) is 0 Å². The summed E-state index contributed by atoms with van der Waals surface area (Å²) in [6.07, 6.45) is 2.06. The summed E-state index contributed by atoms with van der Waals surface area (Å²) >= 11 is 0. The molecular weight excluding hydrogens is 300 g/mol. The average molecular weight is 324 g/mol. The molecule has 0 heterocycles. The van der Waals surface area contributed by atoms with E-state index in [2.05, 4.69) is 12.1 Å². The molecule has 0 amide bonds. The van der Waals surface area contributed by atoms with Crippen molar-refractivity contribution < 1.29 is 9.53 Å². The van der Waals surface area contributed by atoms with Crippen LogP contribution in [0.1, 0.15) is 42.4 Å². The number of carbonyl (C=O) groups is 1. The standard InChI is InChI=1S/C20H24N2O2/c1-2-24-19(23)14-17(12-11-15-7-4-3-5-8-15)16-9-6-10-18(13-16)20(21)22/h3-10,13,17H,2,11-12,14H2,1H3,(H3,21,22)/t17-/m0/s1. The van der Waals surface area contributed by atoms with Gasteiger partial charge < -0.3 is 10.5 Å². The van der Waals surface area contributed by atoms with Crippen LogP contribution in [-0.4, -0.2) is 18.4 Å². The van der Waals surface area contributed by atoms with Gasteiger partial charge in [-0.3, -0.25) is 10.2 Å². The Morgan fingerprint density at radius 1 is 1.17 bits per heavy atom. The molecule has 1 atom stereocenters. The predicted molar refractivity (Wildman–Crippen MR) is 96.2 cm³/mol. The Bertz CT molecular complexity index is 683. The number of nitrogen functional groups attached to an aromatic ring is 1. The number of nitrogens with one attached hydrogen (secondary N) is 1. The van der Waals surface area contributed by atoms with Crippen LogP contribution in [0.15, 0.2) is 54.6 Å². The SMILES string of the molecule is CCOC(=O)C[C@H](CCc1ccccc1)c1cccc(C(=N)N)c1. The molecule has 0 saturated carbocycles. The second-order valence-corrected chi connectivity index (χ2v) is 5.77. The van der Waals surface area contributed by atoms with E-state index in [0.717, 1.165) is 18.4 Å². The average Bonchev–Trinajstić information content (AvgIpc) is 2.60. The number of hydrogen-bond acceptors (Lipinski definition) is 3. The molecule has 2 aromatic rings. The van der Waals surface area contributed by atoms with Gasteiger partial charge in [0.15, 0.2) is 0 Å². The number of ether oxygens (including phenoxy) is 1. The van der Waals surface area contributed by atoms with E-state index < -0.39 is 0 Å². The van der Waals surface area contributed by atoms with Crippen molar-refractivity contribution in [2.45, 2.75) is 32.1 Å². The summed E-state index contributed by atoms with van der Waals surface area (Å²) in [4.78, 5) is 12.0. The van der Waals surface area contributed by atoms with Crippen molar-refractivity contribution in [1.82, 2.24) is 0 Å². The number of esters is 1. The molecule has 0 radical (unpaired) electrons. The van der Waals surface area contributed by atoms with Gasteiger partial charge in [0, 0.05) is 5.56 Å². The van der Waals surface area contributed by atoms with E-state index in [0.29, 0.717) is 18.6 Å². The Kier molecular flexibility index (Phi) is 6.55. The van der Waals surface area contributed by atoms with Crippen LogP contribution < -0.4 is 5.73 Å². The fraction of sp³-hybridized carbons (Fsp3) is 0.300. The van der Waals surface area contributed by atoms with E-state index in [1.807, 2.05) is 49.4 Å². The third-order valence-electron chi connectivity index (χ3n) is 4.01. The maximum atomic E-state index is 12.0. The molecule has 24 heavy (non-hydrogen) atoms. The van der Waals surface area contributed by atoms with Crippen LogP contribution in [0.5, 0.6) is 0 Å². The van der Waals surface area contributed by atoms with Crippen molar-refractivity contribution in [2.24, 2.45) is 5.73 Å². The molecule has 0 aromatic heterocycles. The first-order valence-corrected chi connectivity index (χ1v) is 8.24. The highest BCUT2D eigenvalue weighted by molar-refractivity contribution is 5.95. The van der Waals surface area contributed by atoms with Gasteiger partial charge in [0.1, 0.15) is 5.84 Å². The van der Waals surface area contributed by atoms with Crippen LogP contribution >= 0.6 is 0 Å². The van der Waals surface area contributed by atoms with Gasteiger partial charge in [0.05, 0.1) is 13.0 Å². The first-order valence-electron chi connectivity index (χ1n) is 8.24. The molecule has 126 valence electrons. The van der Waals surface area contributed by atoms with Crippen molar-refractivity contribution in [2.75, 3.05) is 6.61 Å². The van der Waals surface area contributed by atoms with Crippen LogP contribution in [0.2, 0.25) is 0 Å². The van der Waals surface area contributed by atoms with Crippen LogP contribution in [0.4, 0.5) is 0 Å². The summed E-state index contributed by atoms with van der Waals surface area (Å²) in [5.74, 6) is -0.109. The number of hydrogen-bond donors (Lipinski definition) is 2. The summed E-state index contributed by atoms with van der Waals surface area (Å²) in [5.41, 5.74) is 8.53. The zero-order valence-electron chi connectivity index (χ0n) is 14.0. The number of benzene rings is 2. The van der Waals surface area contributed by atoms with Crippen LogP contribution in [0.3, 0.4) is 0 Å². The molecule has 0 aliphatic carbocycles. The van der Waals surface area contributed by atoms with E-state index in [1.54, 1.807) is 0 Å². The molecule has 0 bridgehead atoms. The number of rotatable bonds is 8. The van der Waals surface area contributed by atoms with Gasteiger partial charge in [-0.1, -0.05) is 48.5 Å². The monoisotopic (exact) mass is 324 g/mol. The minimum atomic E-state index is -0.191. The number of nitrogens with two attached hydrogens (primary N) is 1. The lowest BCUT2D eigenvalue weighted by molar-refractivity contribution is -0.143. The van der Waals surface area contributed by atoms with E-state index >= 15 is 0 Å². The first kappa shape index (κ1) is 17.7. The van der Waals surface area contributed by atoms with Gasteiger partial charge in [-0.05, 0) is 42.9 Å².